The highest BCUT2D eigenvalue weighted by molar-refractivity contribution is 7.14. The van der Waals surface area contributed by atoms with E-state index in [0.29, 0.717) is 11.7 Å². The van der Waals surface area contributed by atoms with Crippen LogP contribution >= 0.6 is 11.3 Å². The van der Waals surface area contributed by atoms with Crippen molar-refractivity contribution in [2.45, 2.75) is 39.2 Å². The first-order valence-corrected chi connectivity index (χ1v) is 11.5. The number of hydrogen-bond donors (Lipinski definition) is 0. The van der Waals surface area contributed by atoms with E-state index in [2.05, 4.69) is 35.0 Å². The lowest BCUT2D eigenvalue weighted by Crippen LogP contribution is -2.49. The lowest BCUT2D eigenvalue weighted by atomic mass is 10.1. The number of aromatic nitrogens is 2. The van der Waals surface area contributed by atoms with Gasteiger partial charge in [0.2, 0.25) is 11.7 Å². The van der Waals surface area contributed by atoms with E-state index < -0.39 is 0 Å². The summed E-state index contributed by atoms with van der Waals surface area (Å²) < 4.78 is 5.56. The van der Waals surface area contributed by atoms with Gasteiger partial charge in [0.1, 0.15) is 0 Å². The molecule has 1 atom stereocenters. The number of amides is 1. The first-order chi connectivity index (χ1) is 14.6. The van der Waals surface area contributed by atoms with E-state index in [-0.39, 0.29) is 11.9 Å². The van der Waals surface area contributed by atoms with Gasteiger partial charge in [-0.15, -0.1) is 11.3 Å². The second kappa shape index (κ2) is 7.96. The molecule has 0 spiro atoms. The van der Waals surface area contributed by atoms with E-state index in [1.54, 1.807) is 11.3 Å². The molecular formula is C23H26N4O2S. The van der Waals surface area contributed by atoms with Crippen molar-refractivity contribution < 1.29 is 9.32 Å². The van der Waals surface area contributed by atoms with Crippen LogP contribution in [-0.2, 0) is 12.8 Å². The molecule has 0 N–H and O–H groups in total. The Kier molecular flexibility index (Phi) is 5.16. The summed E-state index contributed by atoms with van der Waals surface area (Å²) in [7, 11) is 0. The fourth-order valence-electron chi connectivity index (χ4n) is 4.28. The van der Waals surface area contributed by atoms with Crippen LogP contribution in [0.4, 0.5) is 0 Å². The molecule has 2 aromatic heterocycles. The number of piperazine rings is 1. The molecule has 3 aromatic rings. The predicted octanol–water partition coefficient (Wildman–Crippen LogP) is 4.11. The van der Waals surface area contributed by atoms with Crippen molar-refractivity contribution in [3.05, 3.63) is 57.1 Å². The number of thiophene rings is 1. The van der Waals surface area contributed by atoms with E-state index in [9.17, 15) is 4.79 Å². The topological polar surface area (TPSA) is 62.5 Å². The number of fused-ring (bicyclic) bond motifs is 1. The minimum absolute atomic E-state index is 0.0273. The SMILES string of the molecule is Cc1ccc(-c2noc(C(C)N3CCN(C(=O)c4cc5c(s4)CCC5)CC3)n2)cc1. The van der Waals surface area contributed by atoms with Crippen molar-refractivity contribution >= 4 is 17.2 Å². The van der Waals surface area contributed by atoms with Crippen molar-refractivity contribution in [2.24, 2.45) is 0 Å². The normalized spacial score (nSPS) is 17.9. The quantitative estimate of drug-likeness (QED) is 0.633. The van der Waals surface area contributed by atoms with Gasteiger partial charge in [-0.25, -0.2) is 0 Å². The van der Waals surface area contributed by atoms with Crippen LogP contribution in [-0.4, -0.2) is 52.0 Å². The highest BCUT2D eigenvalue weighted by Gasteiger charge is 2.29. The van der Waals surface area contributed by atoms with Gasteiger partial charge >= 0.3 is 0 Å². The second-order valence-corrected chi connectivity index (χ2v) is 9.38. The number of carbonyl (C=O) groups is 1. The fourth-order valence-corrected chi connectivity index (χ4v) is 5.51. The van der Waals surface area contributed by atoms with Gasteiger partial charge in [-0.05, 0) is 44.7 Å². The number of rotatable bonds is 4. The van der Waals surface area contributed by atoms with E-state index in [4.69, 9.17) is 4.52 Å². The maximum atomic E-state index is 12.9. The molecular weight excluding hydrogens is 396 g/mol. The van der Waals surface area contributed by atoms with Gasteiger partial charge in [-0.1, -0.05) is 35.0 Å². The van der Waals surface area contributed by atoms with Crippen molar-refractivity contribution in [1.29, 1.82) is 0 Å². The average molecular weight is 423 g/mol. The summed E-state index contributed by atoms with van der Waals surface area (Å²) in [6.07, 6.45) is 3.49. The van der Waals surface area contributed by atoms with E-state index in [1.165, 1.54) is 22.4 Å². The van der Waals surface area contributed by atoms with Gasteiger partial charge in [0.15, 0.2) is 0 Å². The van der Waals surface area contributed by atoms with Crippen LogP contribution < -0.4 is 0 Å². The molecule has 5 rings (SSSR count). The molecule has 156 valence electrons. The Morgan fingerprint density at radius 3 is 2.63 bits per heavy atom. The van der Waals surface area contributed by atoms with Gasteiger partial charge in [-0.2, -0.15) is 4.98 Å². The molecule has 0 bridgehead atoms. The van der Waals surface area contributed by atoms with Crippen LogP contribution in [0.3, 0.4) is 0 Å². The Hall–Kier alpha value is -2.51. The molecule has 1 fully saturated rings. The standard InChI is InChI=1S/C23H26N4O2S/c1-15-6-8-17(9-7-15)21-24-22(29-25-21)16(2)26-10-12-27(13-11-26)23(28)20-14-18-4-3-5-19(18)30-20/h6-9,14,16H,3-5,10-13H2,1-2H3. The fraction of sp³-hybridized carbons (Fsp3) is 0.435. The molecule has 0 radical (unpaired) electrons. The predicted molar refractivity (Wildman–Crippen MR) is 117 cm³/mol. The third-order valence-corrected chi connectivity index (χ3v) is 7.44. The largest absolute Gasteiger partial charge is 0.337 e. The van der Waals surface area contributed by atoms with Gasteiger partial charge < -0.3 is 9.42 Å². The number of carbonyl (C=O) groups excluding carboxylic acids is 1. The van der Waals surface area contributed by atoms with Gasteiger partial charge in [-0.3, -0.25) is 9.69 Å². The van der Waals surface area contributed by atoms with Crippen molar-refractivity contribution in [3.63, 3.8) is 0 Å². The zero-order chi connectivity index (χ0) is 20.7. The molecule has 0 saturated carbocycles. The summed E-state index contributed by atoms with van der Waals surface area (Å²) in [6, 6.07) is 10.3. The lowest BCUT2D eigenvalue weighted by Gasteiger charge is -2.36. The number of aryl methyl sites for hydroxylation is 3. The molecule has 1 aliphatic heterocycles. The first-order valence-electron chi connectivity index (χ1n) is 10.6. The van der Waals surface area contributed by atoms with E-state index in [1.807, 2.05) is 29.2 Å². The monoisotopic (exact) mass is 422 g/mol. The summed E-state index contributed by atoms with van der Waals surface area (Å²) in [5.41, 5.74) is 3.55. The summed E-state index contributed by atoms with van der Waals surface area (Å²) in [6.45, 7) is 7.22. The van der Waals surface area contributed by atoms with Crippen LogP contribution in [0, 0.1) is 6.92 Å². The molecule has 7 heteroatoms. The van der Waals surface area contributed by atoms with Gasteiger partial charge in [0.25, 0.3) is 5.91 Å². The van der Waals surface area contributed by atoms with Gasteiger partial charge in [0.05, 0.1) is 10.9 Å². The maximum Gasteiger partial charge on any atom is 0.264 e. The van der Waals surface area contributed by atoms with Gasteiger partial charge in [0, 0.05) is 36.6 Å². The van der Waals surface area contributed by atoms with Crippen LogP contribution in [0.1, 0.15) is 51.0 Å². The molecule has 30 heavy (non-hydrogen) atoms. The van der Waals surface area contributed by atoms with E-state index in [0.717, 1.165) is 49.5 Å². The highest BCUT2D eigenvalue weighted by Crippen LogP contribution is 2.32. The van der Waals surface area contributed by atoms with Crippen LogP contribution in [0.25, 0.3) is 11.4 Å². The van der Waals surface area contributed by atoms with E-state index >= 15 is 0 Å². The van der Waals surface area contributed by atoms with Crippen molar-refractivity contribution in [1.82, 2.24) is 19.9 Å². The third kappa shape index (κ3) is 3.68. The molecule has 1 aliphatic carbocycles. The zero-order valence-corrected chi connectivity index (χ0v) is 18.2. The molecule has 1 unspecified atom stereocenters. The minimum atomic E-state index is 0.0273. The Morgan fingerprint density at radius 1 is 1.13 bits per heavy atom. The molecule has 6 nitrogen and oxygen atoms in total. The highest BCUT2D eigenvalue weighted by atomic mass is 32.1. The van der Waals surface area contributed by atoms with Crippen molar-refractivity contribution in [2.75, 3.05) is 26.2 Å². The Balaban J connectivity index is 1.21. The minimum Gasteiger partial charge on any atom is -0.337 e. The molecule has 1 saturated heterocycles. The molecule has 1 aromatic carbocycles. The summed E-state index contributed by atoms with van der Waals surface area (Å²) >= 11 is 1.69. The molecule has 3 heterocycles. The zero-order valence-electron chi connectivity index (χ0n) is 17.4. The first kappa shape index (κ1) is 19.5. The molecule has 2 aliphatic rings. The van der Waals surface area contributed by atoms with Crippen LogP contribution in [0.2, 0.25) is 0 Å². The van der Waals surface area contributed by atoms with Crippen LogP contribution in [0.5, 0.6) is 0 Å². The Bertz CT molecular complexity index is 1030. The Labute approximate surface area is 180 Å². The number of benzene rings is 1. The number of hydrogen-bond acceptors (Lipinski definition) is 6. The summed E-state index contributed by atoms with van der Waals surface area (Å²) in [5, 5.41) is 4.16. The third-order valence-electron chi connectivity index (χ3n) is 6.22. The smallest absolute Gasteiger partial charge is 0.264 e. The second-order valence-electron chi connectivity index (χ2n) is 8.24. The van der Waals surface area contributed by atoms with Crippen LogP contribution in [0.15, 0.2) is 34.9 Å². The molecule has 1 amide bonds. The lowest BCUT2D eigenvalue weighted by molar-refractivity contribution is 0.0556. The maximum absolute atomic E-state index is 12.9. The summed E-state index contributed by atoms with van der Waals surface area (Å²) in [5.74, 6) is 1.43. The van der Waals surface area contributed by atoms with Crippen molar-refractivity contribution in [3.8, 4) is 11.4 Å². The number of nitrogens with zero attached hydrogens (tertiary/aromatic N) is 4. The Morgan fingerprint density at radius 2 is 1.90 bits per heavy atom. The average Bonchev–Trinajstić information content (AvgIpc) is 3.50. The summed E-state index contributed by atoms with van der Waals surface area (Å²) in [4.78, 5) is 24.1.